The van der Waals surface area contributed by atoms with E-state index in [4.69, 9.17) is 10.5 Å². The van der Waals surface area contributed by atoms with E-state index in [0.717, 1.165) is 6.42 Å². The summed E-state index contributed by atoms with van der Waals surface area (Å²) in [5, 5.41) is 6.45. The van der Waals surface area contributed by atoms with Crippen LogP contribution in [0, 0.1) is 5.92 Å². The molecule has 1 aromatic heterocycles. The Hall–Kier alpha value is -1.43. The van der Waals surface area contributed by atoms with E-state index in [1.807, 2.05) is 13.8 Å². The summed E-state index contributed by atoms with van der Waals surface area (Å²) in [5.74, 6) is 0.317. The smallest absolute Gasteiger partial charge is 0.378 e. The highest BCUT2D eigenvalue weighted by atomic mass is 16.5. The third kappa shape index (κ3) is 2.79. The molecule has 16 heavy (non-hydrogen) atoms. The molecular formula is C10H18N4O2. The van der Waals surface area contributed by atoms with Gasteiger partial charge in [-0.25, -0.2) is 9.78 Å². The van der Waals surface area contributed by atoms with Crippen molar-refractivity contribution in [3.63, 3.8) is 0 Å². The molecule has 0 aliphatic carbocycles. The molecule has 3 N–H and O–H groups in total. The van der Waals surface area contributed by atoms with Gasteiger partial charge >= 0.3 is 5.97 Å². The van der Waals surface area contributed by atoms with Gasteiger partial charge in [0.05, 0.1) is 12.6 Å². The van der Waals surface area contributed by atoms with Crippen LogP contribution in [0.1, 0.15) is 49.7 Å². The van der Waals surface area contributed by atoms with Crippen molar-refractivity contribution in [2.45, 2.75) is 33.2 Å². The number of ether oxygens (including phenoxy) is 1. The molecule has 0 bridgehead atoms. The van der Waals surface area contributed by atoms with Gasteiger partial charge in [-0.1, -0.05) is 20.3 Å². The molecule has 1 rings (SSSR count). The van der Waals surface area contributed by atoms with Crippen LogP contribution in [-0.2, 0) is 4.74 Å². The number of nitrogens with zero attached hydrogens (tertiary/aromatic N) is 2. The molecule has 2 atom stereocenters. The van der Waals surface area contributed by atoms with Crippen LogP contribution in [0.25, 0.3) is 0 Å². The molecule has 90 valence electrons. The first kappa shape index (κ1) is 12.6. The third-order valence-corrected chi connectivity index (χ3v) is 2.53. The molecule has 1 unspecified atom stereocenters. The van der Waals surface area contributed by atoms with E-state index in [-0.39, 0.29) is 17.8 Å². The number of rotatable bonds is 5. The number of esters is 1. The Balaban J connectivity index is 2.74. The number of nitrogens with one attached hydrogen (secondary N) is 1. The second-order valence-corrected chi connectivity index (χ2v) is 3.68. The molecule has 0 aromatic carbocycles. The number of carbonyl (C=O) groups is 1. The van der Waals surface area contributed by atoms with Crippen molar-refractivity contribution in [2.75, 3.05) is 6.61 Å². The van der Waals surface area contributed by atoms with Crippen LogP contribution < -0.4 is 5.73 Å². The first-order valence-corrected chi connectivity index (χ1v) is 5.45. The molecule has 0 aliphatic heterocycles. The zero-order valence-electron chi connectivity index (χ0n) is 9.86. The Kier molecular flexibility index (Phi) is 4.42. The van der Waals surface area contributed by atoms with Gasteiger partial charge in [0.1, 0.15) is 5.82 Å². The van der Waals surface area contributed by atoms with Crippen LogP contribution in [-0.4, -0.2) is 27.8 Å². The normalized spacial score (nSPS) is 14.5. The Morgan fingerprint density at radius 3 is 2.81 bits per heavy atom. The fourth-order valence-corrected chi connectivity index (χ4v) is 1.23. The van der Waals surface area contributed by atoms with Crippen LogP contribution in [0.15, 0.2) is 0 Å². The van der Waals surface area contributed by atoms with Gasteiger partial charge in [0.2, 0.25) is 0 Å². The SMILES string of the molecule is CCOC(=O)c1n[nH]c([C@@H](N)C(C)CC)n1. The van der Waals surface area contributed by atoms with Crippen molar-refractivity contribution in [2.24, 2.45) is 11.7 Å². The summed E-state index contributed by atoms with van der Waals surface area (Å²) in [5.41, 5.74) is 5.95. The summed E-state index contributed by atoms with van der Waals surface area (Å²) in [6.45, 7) is 6.11. The lowest BCUT2D eigenvalue weighted by molar-refractivity contribution is 0.0512. The van der Waals surface area contributed by atoms with Crippen LogP contribution >= 0.6 is 0 Å². The molecular weight excluding hydrogens is 208 g/mol. The Morgan fingerprint density at radius 2 is 2.25 bits per heavy atom. The number of hydrogen-bond donors (Lipinski definition) is 2. The van der Waals surface area contributed by atoms with Crippen molar-refractivity contribution in [3.05, 3.63) is 11.6 Å². The first-order valence-electron chi connectivity index (χ1n) is 5.45. The molecule has 6 heteroatoms. The minimum atomic E-state index is -0.527. The topological polar surface area (TPSA) is 93.9 Å². The Bertz CT molecular complexity index is 350. The zero-order valence-corrected chi connectivity index (χ0v) is 9.86. The average molecular weight is 226 g/mol. The number of aromatic amines is 1. The molecule has 0 spiro atoms. The maximum Gasteiger partial charge on any atom is 0.378 e. The molecule has 1 heterocycles. The molecule has 0 saturated heterocycles. The third-order valence-electron chi connectivity index (χ3n) is 2.53. The maximum absolute atomic E-state index is 11.3. The van der Waals surface area contributed by atoms with Gasteiger partial charge in [0, 0.05) is 0 Å². The van der Waals surface area contributed by atoms with Crippen molar-refractivity contribution < 1.29 is 9.53 Å². The van der Waals surface area contributed by atoms with E-state index >= 15 is 0 Å². The summed E-state index contributed by atoms with van der Waals surface area (Å²) in [7, 11) is 0. The van der Waals surface area contributed by atoms with Crippen molar-refractivity contribution in [1.29, 1.82) is 0 Å². The van der Waals surface area contributed by atoms with Gasteiger partial charge in [0.15, 0.2) is 0 Å². The van der Waals surface area contributed by atoms with E-state index < -0.39 is 5.97 Å². The zero-order chi connectivity index (χ0) is 12.1. The van der Waals surface area contributed by atoms with Crippen LogP contribution in [0.5, 0.6) is 0 Å². The van der Waals surface area contributed by atoms with E-state index in [0.29, 0.717) is 12.4 Å². The van der Waals surface area contributed by atoms with Crippen LogP contribution in [0.3, 0.4) is 0 Å². The van der Waals surface area contributed by atoms with Crippen molar-refractivity contribution in [3.8, 4) is 0 Å². The summed E-state index contributed by atoms with van der Waals surface area (Å²) in [6, 6.07) is -0.235. The Labute approximate surface area is 94.6 Å². The number of aromatic nitrogens is 3. The van der Waals surface area contributed by atoms with Gasteiger partial charge in [-0.2, -0.15) is 0 Å². The van der Waals surface area contributed by atoms with E-state index in [1.165, 1.54) is 0 Å². The Morgan fingerprint density at radius 1 is 1.56 bits per heavy atom. The van der Waals surface area contributed by atoms with Crippen molar-refractivity contribution in [1.82, 2.24) is 15.2 Å². The van der Waals surface area contributed by atoms with E-state index in [9.17, 15) is 4.79 Å². The minimum Gasteiger partial charge on any atom is -0.460 e. The number of H-pyrrole nitrogens is 1. The maximum atomic E-state index is 11.3. The largest absolute Gasteiger partial charge is 0.460 e. The quantitative estimate of drug-likeness (QED) is 0.731. The highest BCUT2D eigenvalue weighted by molar-refractivity contribution is 5.84. The number of hydrogen-bond acceptors (Lipinski definition) is 5. The fraction of sp³-hybridized carbons (Fsp3) is 0.700. The summed E-state index contributed by atoms with van der Waals surface area (Å²) in [6.07, 6.45) is 0.941. The summed E-state index contributed by atoms with van der Waals surface area (Å²) in [4.78, 5) is 15.3. The lowest BCUT2D eigenvalue weighted by Gasteiger charge is -2.14. The second-order valence-electron chi connectivity index (χ2n) is 3.68. The van der Waals surface area contributed by atoms with Gasteiger partial charge in [0.25, 0.3) is 5.82 Å². The first-order chi connectivity index (χ1) is 7.60. The highest BCUT2D eigenvalue weighted by Crippen LogP contribution is 2.18. The monoisotopic (exact) mass is 226 g/mol. The predicted octanol–water partition coefficient (Wildman–Crippen LogP) is 1.03. The van der Waals surface area contributed by atoms with Gasteiger partial charge < -0.3 is 10.5 Å². The molecule has 0 aliphatic rings. The molecule has 0 radical (unpaired) electrons. The standard InChI is InChI=1S/C10H18N4O2/c1-4-6(3)7(11)8-12-9(14-13-8)10(15)16-5-2/h6-7H,4-5,11H2,1-3H3,(H,12,13,14)/t6?,7-/m0/s1. The van der Waals surface area contributed by atoms with Crippen molar-refractivity contribution >= 4 is 5.97 Å². The van der Waals surface area contributed by atoms with E-state index in [2.05, 4.69) is 15.2 Å². The lowest BCUT2D eigenvalue weighted by Crippen LogP contribution is -2.20. The summed E-state index contributed by atoms with van der Waals surface area (Å²) < 4.78 is 4.78. The number of nitrogens with two attached hydrogens (primary N) is 1. The fourth-order valence-electron chi connectivity index (χ4n) is 1.23. The molecule has 1 aromatic rings. The predicted molar refractivity (Wildman–Crippen MR) is 58.7 cm³/mol. The highest BCUT2D eigenvalue weighted by Gasteiger charge is 2.20. The molecule has 0 fully saturated rings. The minimum absolute atomic E-state index is 0.0376. The lowest BCUT2D eigenvalue weighted by atomic mass is 10.00. The van der Waals surface area contributed by atoms with Gasteiger partial charge in [-0.15, -0.1) is 5.10 Å². The van der Waals surface area contributed by atoms with Gasteiger partial charge in [-0.3, -0.25) is 5.10 Å². The summed E-state index contributed by atoms with van der Waals surface area (Å²) >= 11 is 0. The molecule has 0 amide bonds. The molecule has 0 saturated carbocycles. The van der Waals surface area contributed by atoms with Gasteiger partial charge in [-0.05, 0) is 12.8 Å². The molecule has 6 nitrogen and oxygen atoms in total. The number of carbonyl (C=O) groups excluding carboxylic acids is 1. The second kappa shape index (κ2) is 5.60. The van der Waals surface area contributed by atoms with Crippen LogP contribution in [0.2, 0.25) is 0 Å². The average Bonchev–Trinajstić information content (AvgIpc) is 2.76. The van der Waals surface area contributed by atoms with Crippen LogP contribution in [0.4, 0.5) is 0 Å². The van der Waals surface area contributed by atoms with E-state index in [1.54, 1.807) is 6.92 Å².